The van der Waals surface area contributed by atoms with Gasteiger partial charge in [0.1, 0.15) is 5.82 Å². The van der Waals surface area contributed by atoms with Crippen LogP contribution in [0, 0.1) is 17.7 Å². The minimum atomic E-state index is -0.414. The summed E-state index contributed by atoms with van der Waals surface area (Å²) >= 11 is 0. The zero-order chi connectivity index (χ0) is 14.3. The average molecular weight is 274 g/mol. The molecule has 0 spiro atoms. The summed E-state index contributed by atoms with van der Waals surface area (Å²) in [5.41, 5.74) is 1.51. The molecule has 20 heavy (non-hydrogen) atoms. The number of hydrazone groups is 1. The first-order chi connectivity index (χ1) is 9.56. The lowest BCUT2D eigenvalue weighted by atomic mass is 9.95. The second-order valence-electron chi connectivity index (χ2n) is 5.39. The molecular weight excluding hydrogens is 259 g/mol. The fourth-order valence-corrected chi connectivity index (χ4v) is 2.36. The van der Waals surface area contributed by atoms with Crippen molar-refractivity contribution in [3.63, 3.8) is 0 Å². The summed E-state index contributed by atoms with van der Waals surface area (Å²) in [5.74, 6) is -1.19. The third kappa shape index (κ3) is 2.35. The Balaban J connectivity index is 1.74. The number of hydrogen-bond acceptors (Lipinski definition) is 3. The maximum Gasteiger partial charge on any atom is 0.259 e. The van der Waals surface area contributed by atoms with Crippen molar-refractivity contribution in [1.29, 1.82) is 0 Å². The van der Waals surface area contributed by atoms with Crippen LogP contribution in [0.1, 0.15) is 25.3 Å². The Labute approximate surface area is 116 Å². The van der Waals surface area contributed by atoms with Gasteiger partial charge in [0.05, 0.1) is 5.92 Å². The van der Waals surface area contributed by atoms with E-state index in [9.17, 15) is 14.0 Å². The number of carbonyl (C=O) groups excluding carboxylic acids is 2. The summed E-state index contributed by atoms with van der Waals surface area (Å²) < 4.78 is 12.9. The van der Waals surface area contributed by atoms with Crippen LogP contribution in [-0.4, -0.2) is 22.5 Å². The Bertz CT molecular complexity index is 590. The second-order valence-corrected chi connectivity index (χ2v) is 5.39. The predicted octanol–water partition coefficient (Wildman–Crippen LogP) is 2.14. The molecule has 1 fully saturated rings. The lowest BCUT2D eigenvalue weighted by Crippen LogP contribution is -2.34. The molecule has 0 unspecified atom stereocenters. The molecule has 2 amide bonds. The smallest absolute Gasteiger partial charge is 0.259 e. The Hall–Kier alpha value is -2.04. The van der Waals surface area contributed by atoms with Gasteiger partial charge in [-0.3, -0.25) is 9.59 Å². The number of hydrogen-bond donors (Lipinski definition) is 0. The van der Waals surface area contributed by atoms with Crippen molar-refractivity contribution in [2.45, 2.75) is 26.2 Å². The first-order valence-corrected chi connectivity index (χ1v) is 6.73. The Morgan fingerprint density at radius 3 is 2.60 bits per heavy atom. The van der Waals surface area contributed by atoms with E-state index in [0.717, 1.165) is 23.4 Å². The van der Waals surface area contributed by atoms with E-state index in [1.807, 2.05) is 0 Å². The van der Waals surface area contributed by atoms with E-state index in [-0.39, 0.29) is 23.5 Å². The lowest BCUT2D eigenvalue weighted by Gasteiger charge is -2.12. The Kier molecular flexibility index (Phi) is 3.12. The van der Waals surface area contributed by atoms with Crippen molar-refractivity contribution in [3.05, 3.63) is 35.6 Å². The summed E-state index contributed by atoms with van der Waals surface area (Å²) in [6.07, 6.45) is 2.14. The Morgan fingerprint density at radius 2 is 2.00 bits per heavy atom. The van der Waals surface area contributed by atoms with Crippen LogP contribution in [0.25, 0.3) is 0 Å². The summed E-state index contributed by atoms with van der Waals surface area (Å²) in [5, 5.41) is 5.13. The normalized spacial score (nSPS) is 22.1. The van der Waals surface area contributed by atoms with Gasteiger partial charge >= 0.3 is 0 Å². The number of nitrogens with zero attached hydrogens (tertiary/aromatic N) is 2. The van der Waals surface area contributed by atoms with Gasteiger partial charge < -0.3 is 0 Å². The van der Waals surface area contributed by atoms with Gasteiger partial charge in [-0.1, -0.05) is 12.1 Å². The topological polar surface area (TPSA) is 49.7 Å². The summed E-state index contributed by atoms with van der Waals surface area (Å²) in [6, 6.07) is 6.05. The minimum absolute atomic E-state index is 0.0277. The molecule has 1 aliphatic carbocycles. The van der Waals surface area contributed by atoms with Crippen molar-refractivity contribution in [2.24, 2.45) is 16.9 Å². The summed E-state index contributed by atoms with van der Waals surface area (Å²) in [7, 11) is 0. The minimum Gasteiger partial charge on any atom is -0.272 e. The molecular formula is C15H15FN2O2. The van der Waals surface area contributed by atoms with E-state index in [2.05, 4.69) is 5.10 Å². The quantitative estimate of drug-likeness (QED) is 0.793. The first-order valence-electron chi connectivity index (χ1n) is 6.73. The van der Waals surface area contributed by atoms with Crippen LogP contribution in [-0.2, 0) is 16.0 Å². The van der Waals surface area contributed by atoms with E-state index >= 15 is 0 Å². The van der Waals surface area contributed by atoms with Gasteiger partial charge in [-0.2, -0.15) is 10.1 Å². The first kappa shape index (κ1) is 13.0. The van der Waals surface area contributed by atoms with Crippen molar-refractivity contribution >= 4 is 17.5 Å². The zero-order valence-corrected chi connectivity index (χ0v) is 11.2. The summed E-state index contributed by atoms with van der Waals surface area (Å²) in [4.78, 5) is 24.2. The van der Waals surface area contributed by atoms with Crippen LogP contribution in [0.2, 0.25) is 0 Å². The molecule has 0 aromatic heterocycles. The van der Waals surface area contributed by atoms with Gasteiger partial charge in [-0.25, -0.2) is 4.39 Å². The highest BCUT2D eigenvalue weighted by atomic mass is 19.1. The molecule has 0 saturated heterocycles. The zero-order valence-electron chi connectivity index (χ0n) is 11.2. The van der Waals surface area contributed by atoms with Crippen molar-refractivity contribution in [2.75, 3.05) is 0 Å². The molecule has 5 heteroatoms. The second kappa shape index (κ2) is 4.81. The molecule has 1 saturated carbocycles. The third-order valence-corrected chi connectivity index (χ3v) is 3.76. The third-order valence-electron chi connectivity index (χ3n) is 3.76. The van der Waals surface area contributed by atoms with Gasteiger partial charge in [0.15, 0.2) is 0 Å². The van der Waals surface area contributed by atoms with Crippen molar-refractivity contribution < 1.29 is 14.0 Å². The molecule has 0 radical (unpaired) electrons. The highest BCUT2D eigenvalue weighted by Crippen LogP contribution is 2.33. The van der Waals surface area contributed by atoms with Gasteiger partial charge in [-0.05, 0) is 43.9 Å². The number of amides is 2. The highest BCUT2D eigenvalue weighted by Gasteiger charge is 2.42. The number of benzene rings is 1. The SMILES string of the molecule is CC1=NN(C(=O)C2CC2)C(=O)[C@@H]1Cc1ccc(F)cc1. The molecule has 1 heterocycles. The molecule has 4 nitrogen and oxygen atoms in total. The van der Waals surface area contributed by atoms with Crippen LogP contribution >= 0.6 is 0 Å². The van der Waals surface area contributed by atoms with Crippen LogP contribution in [0.4, 0.5) is 4.39 Å². The Morgan fingerprint density at radius 1 is 1.35 bits per heavy atom. The maximum atomic E-state index is 12.9. The maximum absolute atomic E-state index is 12.9. The van der Waals surface area contributed by atoms with Crippen LogP contribution in [0.3, 0.4) is 0 Å². The number of halogens is 1. The van der Waals surface area contributed by atoms with E-state index in [1.54, 1.807) is 19.1 Å². The van der Waals surface area contributed by atoms with E-state index in [4.69, 9.17) is 0 Å². The molecule has 1 aliphatic heterocycles. The monoisotopic (exact) mass is 274 g/mol. The average Bonchev–Trinajstić information content (AvgIpc) is 3.23. The van der Waals surface area contributed by atoms with E-state index in [1.165, 1.54) is 12.1 Å². The largest absolute Gasteiger partial charge is 0.272 e. The molecule has 1 aromatic rings. The molecule has 2 aliphatic rings. The molecule has 104 valence electrons. The van der Waals surface area contributed by atoms with Crippen molar-refractivity contribution in [3.8, 4) is 0 Å². The number of carbonyl (C=O) groups is 2. The standard InChI is InChI=1S/C15H15FN2O2/c1-9-13(8-10-2-6-12(16)7-3-10)15(20)18(17-9)14(19)11-4-5-11/h2-3,6-7,11,13H,4-5,8H2,1H3/t13-/m1/s1. The van der Waals surface area contributed by atoms with Crippen LogP contribution < -0.4 is 0 Å². The molecule has 0 N–H and O–H groups in total. The van der Waals surface area contributed by atoms with E-state index < -0.39 is 5.92 Å². The number of imide groups is 1. The van der Waals surface area contributed by atoms with Gasteiger partial charge in [-0.15, -0.1) is 0 Å². The summed E-state index contributed by atoms with van der Waals surface area (Å²) in [6.45, 7) is 1.76. The lowest BCUT2D eigenvalue weighted by molar-refractivity contribution is -0.145. The highest BCUT2D eigenvalue weighted by molar-refractivity contribution is 6.13. The molecule has 1 atom stereocenters. The fourth-order valence-electron chi connectivity index (χ4n) is 2.36. The van der Waals surface area contributed by atoms with Crippen molar-refractivity contribution in [1.82, 2.24) is 5.01 Å². The molecule has 3 rings (SSSR count). The number of rotatable bonds is 3. The van der Waals surface area contributed by atoms with Gasteiger partial charge in [0.25, 0.3) is 11.8 Å². The van der Waals surface area contributed by atoms with Crippen LogP contribution in [0.15, 0.2) is 29.4 Å². The fraction of sp³-hybridized carbons (Fsp3) is 0.400. The van der Waals surface area contributed by atoms with Crippen LogP contribution in [0.5, 0.6) is 0 Å². The van der Waals surface area contributed by atoms with Gasteiger partial charge in [0.2, 0.25) is 0 Å². The van der Waals surface area contributed by atoms with Gasteiger partial charge in [0, 0.05) is 11.6 Å². The molecule has 1 aromatic carbocycles. The van der Waals surface area contributed by atoms with E-state index in [0.29, 0.717) is 12.1 Å². The predicted molar refractivity (Wildman–Crippen MR) is 71.3 cm³/mol. The molecule has 0 bridgehead atoms.